The maximum atomic E-state index is 13.2. The lowest BCUT2D eigenvalue weighted by Crippen LogP contribution is -2.33. The van der Waals surface area contributed by atoms with Crippen LogP contribution in [0.15, 0.2) is 73.1 Å². The monoisotopic (exact) mass is 347 g/mol. The van der Waals surface area contributed by atoms with Crippen LogP contribution in [0.1, 0.15) is 23.4 Å². The zero-order valence-electron chi connectivity index (χ0n) is 15.1. The van der Waals surface area contributed by atoms with Crippen molar-refractivity contribution in [1.29, 1.82) is 0 Å². The summed E-state index contributed by atoms with van der Waals surface area (Å²) in [6.07, 6.45) is 4.54. The highest BCUT2D eigenvalue weighted by Crippen LogP contribution is 2.43. The van der Waals surface area contributed by atoms with Crippen molar-refractivity contribution in [2.75, 3.05) is 0 Å². The Balaban J connectivity index is 1.73. The number of nitrogens with zero attached hydrogens (tertiary/aromatic N) is 2. The van der Waals surface area contributed by atoms with E-state index < -0.39 is 5.41 Å². The van der Waals surface area contributed by atoms with Crippen molar-refractivity contribution in [2.24, 2.45) is 7.05 Å². The molecule has 0 N–H and O–H groups in total. The molecule has 1 atom stereocenters. The van der Waals surface area contributed by atoms with Gasteiger partial charge in [-0.05, 0) is 11.1 Å². The summed E-state index contributed by atoms with van der Waals surface area (Å²) in [7, 11) is 2.02. The minimum atomic E-state index is -0.740. The summed E-state index contributed by atoms with van der Waals surface area (Å²) < 4.78 is 10.1. The lowest BCUT2D eigenvalue weighted by molar-refractivity contribution is -0.677. The van der Waals surface area contributed by atoms with E-state index in [1.54, 1.807) is 0 Å². The molecular weight excluding hydrogens is 324 g/mol. The molecule has 132 valence electrons. The summed E-state index contributed by atoms with van der Waals surface area (Å²) in [6.45, 7) is 2.73. The van der Waals surface area contributed by atoms with Gasteiger partial charge in [-0.25, -0.2) is 9.13 Å². The molecule has 1 aliphatic heterocycles. The van der Waals surface area contributed by atoms with E-state index in [4.69, 9.17) is 4.74 Å². The maximum Gasteiger partial charge on any atom is 0.321 e. The quantitative estimate of drug-likeness (QED) is 0.537. The van der Waals surface area contributed by atoms with Gasteiger partial charge >= 0.3 is 5.97 Å². The number of cyclic esters (lactones) is 1. The lowest BCUT2D eigenvalue weighted by atomic mass is 9.72. The molecular formula is C22H23N2O2+. The Labute approximate surface area is 153 Å². The Bertz CT molecular complexity index is 876. The summed E-state index contributed by atoms with van der Waals surface area (Å²) >= 11 is 0. The lowest BCUT2D eigenvalue weighted by Gasteiger charge is -2.26. The summed E-state index contributed by atoms with van der Waals surface area (Å²) in [5.41, 5.74) is 1.25. The highest BCUT2D eigenvalue weighted by Gasteiger charge is 2.52. The molecule has 26 heavy (non-hydrogen) atoms. The van der Waals surface area contributed by atoms with Crippen molar-refractivity contribution in [3.8, 4) is 0 Å². The molecule has 4 nitrogen and oxygen atoms in total. The van der Waals surface area contributed by atoms with Gasteiger partial charge in [0.15, 0.2) is 0 Å². The summed E-state index contributed by atoms with van der Waals surface area (Å²) in [5.74, 6) is 0.979. The molecule has 0 spiro atoms. The average molecular weight is 347 g/mol. The van der Waals surface area contributed by atoms with Gasteiger partial charge in [0.1, 0.15) is 30.5 Å². The predicted octanol–water partition coefficient (Wildman–Crippen LogP) is 2.92. The first-order valence-corrected chi connectivity index (χ1v) is 8.95. The van der Waals surface area contributed by atoms with Crippen molar-refractivity contribution < 1.29 is 14.1 Å². The van der Waals surface area contributed by atoms with Gasteiger partial charge in [0.05, 0.1) is 7.05 Å². The Morgan fingerprint density at radius 3 is 2.15 bits per heavy atom. The number of carbonyl (C=O) groups is 1. The molecule has 2 heterocycles. The number of esters is 1. The number of benzene rings is 2. The van der Waals surface area contributed by atoms with Gasteiger partial charge in [0.2, 0.25) is 0 Å². The van der Waals surface area contributed by atoms with E-state index in [1.165, 1.54) is 0 Å². The fourth-order valence-electron chi connectivity index (χ4n) is 3.91. The van der Waals surface area contributed by atoms with Crippen molar-refractivity contribution in [3.05, 3.63) is 90.0 Å². The number of hydrogen-bond donors (Lipinski definition) is 0. The molecule has 2 aromatic carbocycles. The van der Waals surface area contributed by atoms with Crippen molar-refractivity contribution >= 4 is 5.97 Å². The number of aromatic nitrogens is 2. The first kappa shape index (κ1) is 16.6. The Morgan fingerprint density at radius 2 is 1.65 bits per heavy atom. The van der Waals surface area contributed by atoms with Crippen LogP contribution < -0.4 is 4.57 Å². The van der Waals surface area contributed by atoms with E-state index in [1.807, 2.05) is 80.1 Å². The summed E-state index contributed by atoms with van der Waals surface area (Å²) in [4.78, 5) is 13.2. The first-order chi connectivity index (χ1) is 12.6. The largest absolute Gasteiger partial charge is 0.457 e. The van der Waals surface area contributed by atoms with Gasteiger partial charge in [0.25, 0.3) is 5.82 Å². The number of hydrogen-bond acceptors (Lipinski definition) is 2. The van der Waals surface area contributed by atoms with E-state index in [2.05, 4.69) is 16.1 Å². The zero-order chi connectivity index (χ0) is 18.1. The molecule has 4 rings (SSSR count). The number of aryl methyl sites for hydroxylation is 1. The molecule has 0 saturated carbocycles. The fourth-order valence-corrected chi connectivity index (χ4v) is 3.91. The molecule has 1 unspecified atom stereocenters. The average Bonchev–Trinajstić information content (AvgIpc) is 3.18. The fraction of sp³-hybridized carbons (Fsp3) is 0.273. The molecule has 4 heteroatoms. The number of rotatable bonds is 4. The third-order valence-electron chi connectivity index (χ3n) is 5.49. The normalized spacial score (nSPS) is 18.7. The smallest absolute Gasteiger partial charge is 0.321 e. The standard InChI is InChI=1S/C22H23N2O2/c1-17-23(2)13-14-24(17)16-20-15-22(21(25)26-20,18-9-5-3-6-10-18)19-11-7-4-8-12-19/h3-14,20H,15-16H2,1-2H3/q+1. The van der Waals surface area contributed by atoms with Crippen LogP contribution in [-0.2, 0) is 28.5 Å². The molecule has 0 amide bonds. The molecule has 0 bridgehead atoms. The van der Waals surface area contributed by atoms with Crippen LogP contribution in [0.5, 0.6) is 0 Å². The van der Waals surface area contributed by atoms with Gasteiger partial charge in [0, 0.05) is 13.3 Å². The van der Waals surface area contributed by atoms with Crippen molar-refractivity contribution in [2.45, 2.75) is 31.4 Å². The van der Waals surface area contributed by atoms with Crippen molar-refractivity contribution in [3.63, 3.8) is 0 Å². The number of carbonyl (C=O) groups excluding carboxylic acids is 1. The maximum absolute atomic E-state index is 13.2. The highest BCUT2D eigenvalue weighted by molar-refractivity contribution is 5.89. The topological polar surface area (TPSA) is 35.1 Å². The van der Waals surface area contributed by atoms with Gasteiger partial charge in [-0.3, -0.25) is 4.79 Å². The van der Waals surface area contributed by atoms with E-state index in [-0.39, 0.29) is 12.1 Å². The van der Waals surface area contributed by atoms with Gasteiger partial charge in [-0.15, -0.1) is 0 Å². The van der Waals surface area contributed by atoms with Crippen LogP contribution in [0, 0.1) is 6.92 Å². The number of imidazole rings is 1. The third kappa shape index (κ3) is 2.62. The van der Waals surface area contributed by atoms with E-state index in [0.29, 0.717) is 13.0 Å². The second-order valence-electron chi connectivity index (χ2n) is 6.98. The van der Waals surface area contributed by atoms with E-state index >= 15 is 0 Å². The zero-order valence-corrected chi connectivity index (χ0v) is 15.1. The van der Waals surface area contributed by atoms with Crippen LogP contribution in [0.25, 0.3) is 0 Å². The minimum Gasteiger partial charge on any atom is -0.457 e. The predicted molar refractivity (Wildman–Crippen MR) is 98.5 cm³/mol. The summed E-state index contributed by atoms with van der Waals surface area (Å²) in [5, 5.41) is 0. The van der Waals surface area contributed by atoms with Crippen LogP contribution in [0.2, 0.25) is 0 Å². The van der Waals surface area contributed by atoms with Crippen LogP contribution >= 0.6 is 0 Å². The first-order valence-electron chi connectivity index (χ1n) is 8.95. The Hall–Kier alpha value is -2.88. The van der Waals surface area contributed by atoms with Gasteiger partial charge in [-0.1, -0.05) is 60.7 Å². The van der Waals surface area contributed by atoms with Crippen LogP contribution in [-0.4, -0.2) is 16.6 Å². The van der Waals surface area contributed by atoms with E-state index in [0.717, 1.165) is 17.0 Å². The van der Waals surface area contributed by atoms with Crippen LogP contribution in [0.4, 0.5) is 0 Å². The molecule has 1 fully saturated rings. The minimum absolute atomic E-state index is 0.158. The molecule has 1 saturated heterocycles. The summed E-state index contributed by atoms with van der Waals surface area (Å²) in [6, 6.07) is 20.0. The molecule has 1 aromatic heterocycles. The SMILES string of the molecule is Cc1n(CC2CC(c3ccccc3)(c3ccccc3)C(=O)O2)cc[n+]1C. The van der Waals surface area contributed by atoms with Crippen LogP contribution in [0.3, 0.4) is 0 Å². The number of ether oxygens (including phenoxy) is 1. The second kappa shape index (κ2) is 6.45. The van der Waals surface area contributed by atoms with Gasteiger partial charge in [-0.2, -0.15) is 0 Å². The molecule has 3 aromatic rings. The van der Waals surface area contributed by atoms with E-state index in [9.17, 15) is 4.79 Å². The molecule has 1 aliphatic rings. The van der Waals surface area contributed by atoms with Crippen molar-refractivity contribution in [1.82, 2.24) is 4.57 Å². The molecule has 0 aliphatic carbocycles. The third-order valence-corrected chi connectivity index (χ3v) is 5.49. The Kier molecular flexibility index (Phi) is 4.11. The molecule has 0 radical (unpaired) electrons. The highest BCUT2D eigenvalue weighted by atomic mass is 16.6. The van der Waals surface area contributed by atoms with Gasteiger partial charge < -0.3 is 4.74 Å². The second-order valence-corrected chi connectivity index (χ2v) is 6.98. The Morgan fingerprint density at radius 1 is 1.08 bits per heavy atom.